The zero-order valence-electron chi connectivity index (χ0n) is 12.5. The van der Waals surface area contributed by atoms with E-state index in [0.717, 1.165) is 32.1 Å². The van der Waals surface area contributed by atoms with Gasteiger partial charge in [-0.3, -0.25) is 0 Å². The molecule has 1 aromatic rings. The van der Waals surface area contributed by atoms with E-state index < -0.39 is 15.8 Å². The molecule has 0 amide bonds. The molecule has 0 atom stereocenters. The molecular weight excluding hydrogens is 291 g/mol. The molecule has 1 aliphatic heterocycles. The van der Waals surface area contributed by atoms with Crippen LogP contribution in [0.1, 0.15) is 26.2 Å². The first-order valence-corrected chi connectivity index (χ1v) is 8.96. The Morgan fingerprint density at radius 3 is 2.48 bits per heavy atom. The van der Waals surface area contributed by atoms with Crippen molar-refractivity contribution in [3.05, 3.63) is 30.1 Å². The molecule has 0 N–H and O–H groups in total. The molecule has 6 heteroatoms. The predicted molar refractivity (Wildman–Crippen MR) is 81.1 cm³/mol. The van der Waals surface area contributed by atoms with E-state index in [0.29, 0.717) is 13.1 Å². The second-order valence-corrected chi connectivity index (χ2v) is 7.35. The third-order valence-corrected chi connectivity index (χ3v) is 5.74. The predicted octanol–water partition coefficient (Wildman–Crippen LogP) is 2.32. The molecule has 4 nitrogen and oxygen atoms in total. The first-order chi connectivity index (χ1) is 10.0. The van der Waals surface area contributed by atoms with Crippen molar-refractivity contribution in [1.29, 1.82) is 0 Å². The van der Waals surface area contributed by atoms with Gasteiger partial charge in [0.15, 0.2) is 0 Å². The van der Waals surface area contributed by atoms with Crippen LogP contribution >= 0.6 is 0 Å². The van der Waals surface area contributed by atoms with Gasteiger partial charge in [-0.2, -0.15) is 4.31 Å². The lowest BCUT2D eigenvalue weighted by molar-refractivity contribution is 0.185. The lowest BCUT2D eigenvalue weighted by Gasteiger charge is -2.34. The highest BCUT2D eigenvalue weighted by atomic mass is 32.2. The number of halogens is 1. The molecule has 21 heavy (non-hydrogen) atoms. The zero-order valence-corrected chi connectivity index (χ0v) is 13.3. The summed E-state index contributed by atoms with van der Waals surface area (Å²) in [7, 11) is -3.57. The summed E-state index contributed by atoms with van der Waals surface area (Å²) in [4.78, 5) is 2.34. The Labute approximate surface area is 126 Å². The number of hydrogen-bond donors (Lipinski definition) is 0. The Hall–Kier alpha value is -0.980. The average Bonchev–Trinajstić information content (AvgIpc) is 2.48. The standard InChI is InChI=1S/C15H23FN2O2S/c1-2-3-4-8-17-9-11-18(12-10-17)21(19,20)15-7-5-6-14(16)13-15/h5-7,13H,2-4,8-12H2,1H3. The highest BCUT2D eigenvalue weighted by Crippen LogP contribution is 2.18. The van der Waals surface area contributed by atoms with Crippen LogP contribution in [0.3, 0.4) is 0 Å². The van der Waals surface area contributed by atoms with Gasteiger partial charge < -0.3 is 4.90 Å². The molecule has 1 aliphatic rings. The van der Waals surface area contributed by atoms with Crippen LogP contribution < -0.4 is 0 Å². The van der Waals surface area contributed by atoms with Crippen molar-refractivity contribution in [2.45, 2.75) is 31.1 Å². The number of hydrogen-bond acceptors (Lipinski definition) is 3. The van der Waals surface area contributed by atoms with Gasteiger partial charge in [0.25, 0.3) is 0 Å². The molecule has 0 radical (unpaired) electrons. The van der Waals surface area contributed by atoms with Crippen molar-refractivity contribution in [1.82, 2.24) is 9.21 Å². The van der Waals surface area contributed by atoms with Crippen molar-refractivity contribution >= 4 is 10.0 Å². The second kappa shape index (κ2) is 7.33. The van der Waals surface area contributed by atoms with E-state index in [1.165, 1.54) is 35.3 Å². The summed E-state index contributed by atoms with van der Waals surface area (Å²) in [5.41, 5.74) is 0. The minimum absolute atomic E-state index is 0.0435. The first kappa shape index (κ1) is 16.4. The van der Waals surface area contributed by atoms with E-state index in [1.54, 1.807) is 0 Å². The fourth-order valence-electron chi connectivity index (χ4n) is 2.56. The van der Waals surface area contributed by atoms with Gasteiger partial charge in [-0.25, -0.2) is 12.8 Å². The summed E-state index contributed by atoms with van der Waals surface area (Å²) in [5.74, 6) is -0.519. The number of benzene rings is 1. The van der Waals surface area contributed by atoms with E-state index in [9.17, 15) is 12.8 Å². The fourth-order valence-corrected chi connectivity index (χ4v) is 4.01. The van der Waals surface area contributed by atoms with Gasteiger partial charge in [0.1, 0.15) is 5.82 Å². The molecule has 0 bridgehead atoms. The molecule has 1 heterocycles. The van der Waals surface area contributed by atoms with Crippen LogP contribution in [-0.2, 0) is 10.0 Å². The minimum atomic E-state index is -3.57. The highest BCUT2D eigenvalue weighted by molar-refractivity contribution is 7.89. The fraction of sp³-hybridized carbons (Fsp3) is 0.600. The highest BCUT2D eigenvalue weighted by Gasteiger charge is 2.28. The number of piperazine rings is 1. The third-order valence-electron chi connectivity index (χ3n) is 3.84. The monoisotopic (exact) mass is 314 g/mol. The van der Waals surface area contributed by atoms with Crippen LogP contribution in [0.15, 0.2) is 29.2 Å². The van der Waals surface area contributed by atoms with Gasteiger partial charge in [-0.05, 0) is 31.2 Å². The van der Waals surface area contributed by atoms with E-state index >= 15 is 0 Å². The maximum Gasteiger partial charge on any atom is 0.243 e. The number of unbranched alkanes of at least 4 members (excludes halogenated alkanes) is 2. The summed E-state index contributed by atoms with van der Waals surface area (Å²) in [6, 6.07) is 5.23. The lowest BCUT2D eigenvalue weighted by atomic mass is 10.2. The third kappa shape index (κ3) is 4.25. The molecule has 0 saturated carbocycles. The van der Waals surface area contributed by atoms with Crippen LogP contribution in [0.2, 0.25) is 0 Å². The Balaban J connectivity index is 1.95. The molecule has 1 aromatic carbocycles. The van der Waals surface area contributed by atoms with Gasteiger partial charge in [-0.15, -0.1) is 0 Å². The Bertz CT molecular complexity index is 555. The maximum atomic E-state index is 13.2. The summed E-state index contributed by atoms with van der Waals surface area (Å²) in [6.07, 6.45) is 3.56. The smallest absolute Gasteiger partial charge is 0.243 e. The molecule has 0 spiro atoms. The molecule has 1 saturated heterocycles. The zero-order chi connectivity index (χ0) is 15.3. The summed E-state index contributed by atoms with van der Waals surface area (Å²) in [5, 5.41) is 0. The molecule has 0 aromatic heterocycles. The molecule has 2 rings (SSSR count). The van der Waals surface area contributed by atoms with Gasteiger partial charge in [-0.1, -0.05) is 25.8 Å². The van der Waals surface area contributed by atoms with Gasteiger partial charge in [0, 0.05) is 26.2 Å². The maximum absolute atomic E-state index is 13.2. The second-order valence-electron chi connectivity index (χ2n) is 5.41. The number of sulfonamides is 1. The van der Waals surface area contributed by atoms with Gasteiger partial charge in [0.2, 0.25) is 10.0 Å². The van der Waals surface area contributed by atoms with Crippen molar-refractivity contribution in [3.63, 3.8) is 0 Å². The molecule has 0 unspecified atom stereocenters. The molecular formula is C15H23FN2O2S. The largest absolute Gasteiger partial charge is 0.301 e. The first-order valence-electron chi connectivity index (χ1n) is 7.52. The normalized spacial score (nSPS) is 18.0. The average molecular weight is 314 g/mol. The summed E-state index contributed by atoms with van der Waals surface area (Å²) < 4.78 is 39.6. The van der Waals surface area contributed by atoms with Crippen molar-refractivity contribution in [2.75, 3.05) is 32.7 Å². The Morgan fingerprint density at radius 1 is 1.14 bits per heavy atom. The Morgan fingerprint density at radius 2 is 1.86 bits per heavy atom. The van der Waals surface area contributed by atoms with Crippen LogP contribution in [0, 0.1) is 5.82 Å². The van der Waals surface area contributed by atoms with Crippen molar-refractivity contribution in [2.24, 2.45) is 0 Å². The minimum Gasteiger partial charge on any atom is -0.301 e. The number of nitrogens with zero attached hydrogens (tertiary/aromatic N) is 2. The molecule has 0 aliphatic carbocycles. The van der Waals surface area contributed by atoms with Gasteiger partial charge >= 0.3 is 0 Å². The van der Waals surface area contributed by atoms with Crippen LogP contribution in [0.5, 0.6) is 0 Å². The quantitative estimate of drug-likeness (QED) is 0.757. The summed E-state index contributed by atoms with van der Waals surface area (Å²) in [6.45, 7) is 5.65. The van der Waals surface area contributed by atoms with E-state index in [-0.39, 0.29) is 4.90 Å². The summed E-state index contributed by atoms with van der Waals surface area (Å²) >= 11 is 0. The van der Waals surface area contributed by atoms with Crippen LogP contribution in [0.4, 0.5) is 4.39 Å². The number of rotatable bonds is 6. The van der Waals surface area contributed by atoms with Gasteiger partial charge in [0.05, 0.1) is 4.90 Å². The van der Waals surface area contributed by atoms with E-state index in [4.69, 9.17) is 0 Å². The SMILES string of the molecule is CCCCCN1CCN(S(=O)(=O)c2cccc(F)c2)CC1. The van der Waals surface area contributed by atoms with Crippen molar-refractivity contribution in [3.8, 4) is 0 Å². The lowest BCUT2D eigenvalue weighted by Crippen LogP contribution is -2.48. The van der Waals surface area contributed by atoms with E-state index in [2.05, 4.69) is 11.8 Å². The van der Waals surface area contributed by atoms with E-state index in [1.807, 2.05) is 0 Å². The Kier molecular flexibility index (Phi) is 5.72. The van der Waals surface area contributed by atoms with Crippen LogP contribution in [0.25, 0.3) is 0 Å². The molecule has 118 valence electrons. The van der Waals surface area contributed by atoms with Crippen LogP contribution in [-0.4, -0.2) is 50.3 Å². The topological polar surface area (TPSA) is 40.6 Å². The molecule has 1 fully saturated rings. The van der Waals surface area contributed by atoms with Crippen molar-refractivity contribution < 1.29 is 12.8 Å².